The number of rotatable bonds is 10. The molecular formula is C31H27BrN2O6. The zero-order chi connectivity index (χ0) is 28.6. The van der Waals surface area contributed by atoms with E-state index < -0.39 is 10.8 Å². The van der Waals surface area contributed by atoms with E-state index in [0.29, 0.717) is 17.2 Å². The first kappa shape index (κ1) is 28.4. The van der Waals surface area contributed by atoms with Gasteiger partial charge in [-0.3, -0.25) is 14.9 Å². The van der Waals surface area contributed by atoms with Crippen molar-refractivity contribution < 1.29 is 23.9 Å². The molecule has 0 aromatic heterocycles. The van der Waals surface area contributed by atoms with Gasteiger partial charge in [0.1, 0.15) is 29.6 Å². The number of nitro groups is 1. The number of aryl methyl sites for hydroxylation is 2. The number of nitrogens with zero attached hydrogens (tertiary/aromatic N) is 1. The minimum absolute atomic E-state index is 0.202. The molecule has 0 saturated heterocycles. The number of ether oxygens (including phenoxy) is 3. The fraction of sp³-hybridized carbons (Fsp3) is 0.129. The molecule has 1 N–H and O–H groups in total. The van der Waals surface area contributed by atoms with Crippen molar-refractivity contribution in [2.45, 2.75) is 20.5 Å². The zero-order valence-corrected chi connectivity index (χ0v) is 23.7. The highest BCUT2D eigenvalue weighted by Gasteiger charge is 2.13. The second kappa shape index (κ2) is 12.9. The summed E-state index contributed by atoms with van der Waals surface area (Å²) in [5.74, 6) is 1.70. The van der Waals surface area contributed by atoms with E-state index in [0.717, 1.165) is 26.7 Å². The normalized spacial score (nSPS) is 10.8. The number of hydrogen-bond acceptors (Lipinski definition) is 6. The van der Waals surface area contributed by atoms with Gasteiger partial charge in [0.25, 0.3) is 5.69 Å². The fourth-order valence-corrected chi connectivity index (χ4v) is 4.27. The summed E-state index contributed by atoms with van der Waals surface area (Å²) in [6.45, 7) is 4.15. The van der Waals surface area contributed by atoms with E-state index in [9.17, 15) is 14.9 Å². The monoisotopic (exact) mass is 602 g/mol. The van der Waals surface area contributed by atoms with E-state index >= 15 is 0 Å². The van der Waals surface area contributed by atoms with Crippen LogP contribution in [0.5, 0.6) is 23.0 Å². The number of benzene rings is 4. The first-order chi connectivity index (χ1) is 19.2. The summed E-state index contributed by atoms with van der Waals surface area (Å²) in [5, 5.41) is 14.2. The molecule has 0 unspecified atom stereocenters. The highest BCUT2D eigenvalue weighted by Crippen LogP contribution is 2.31. The van der Waals surface area contributed by atoms with Gasteiger partial charge in [-0.25, -0.2) is 0 Å². The number of anilines is 1. The number of nitro benzene ring substituents is 1. The molecule has 0 bridgehead atoms. The Morgan fingerprint density at radius 1 is 0.925 bits per heavy atom. The van der Waals surface area contributed by atoms with Crippen LogP contribution in [0.3, 0.4) is 0 Å². The topological polar surface area (TPSA) is 99.9 Å². The van der Waals surface area contributed by atoms with E-state index in [1.54, 1.807) is 25.3 Å². The van der Waals surface area contributed by atoms with E-state index in [4.69, 9.17) is 14.2 Å². The number of amides is 1. The molecule has 1 amide bonds. The lowest BCUT2D eigenvalue weighted by molar-refractivity contribution is -0.384. The quantitative estimate of drug-likeness (QED) is 0.112. The predicted molar refractivity (Wildman–Crippen MR) is 158 cm³/mol. The summed E-state index contributed by atoms with van der Waals surface area (Å²) in [6.07, 6.45) is 2.99. The molecule has 4 rings (SSSR count). The molecule has 0 fully saturated rings. The van der Waals surface area contributed by atoms with Crippen molar-refractivity contribution in [2.75, 3.05) is 12.4 Å². The molecule has 0 atom stereocenters. The summed E-state index contributed by atoms with van der Waals surface area (Å²) in [4.78, 5) is 23.7. The van der Waals surface area contributed by atoms with Crippen molar-refractivity contribution in [2.24, 2.45) is 0 Å². The Balaban J connectivity index is 1.47. The first-order valence-corrected chi connectivity index (χ1v) is 13.1. The highest BCUT2D eigenvalue weighted by atomic mass is 79.9. The number of carbonyl (C=O) groups excluding carboxylic acids is 1. The molecule has 40 heavy (non-hydrogen) atoms. The van der Waals surface area contributed by atoms with Crippen LogP contribution in [0, 0.1) is 24.0 Å². The maximum absolute atomic E-state index is 12.7. The van der Waals surface area contributed by atoms with Crippen molar-refractivity contribution in [3.63, 3.8) is 0 Å². The number of hydrogen-bond donors (Lipinski definition) is 1. The van der Waals surface area contributed by atoms with Crippen molar-refractivity contribution in [3.8, 4) is 23.0 Å². The minimum atomic E-state index is -0.533. The van der Waals surface area contributed by atoms with Crippen LogP contribution in [0.2, 0.25) is 0 Å². The first-order valence-electron chi connectivity index (χ1n) is 12.3. The van der Waals surface area contributed by atoms with E-state index in [1.807, 2.05) is 68.4 Å². The Bertz CT molecular complexity index is 1550. The average molecular weight is 603 g/mol. The van der Waals surface area contributed by atoms with E-state index in [1.165, 1.54) is 18.2 Å². The summed E-state index contributed by atoms with van der Waals surface area (Å²) in [5.41, 5.74) is 3.60. The third-order valence-corrected chi connectivity index (χ3v) is 6.27. The van der Waals surface area contributed by atoms with Gasteiger partial charge in [0, 0.05) is 28.2 Å². The molecule has 0 radical (unpaired) electrons. The lowest BCUT2D eigenvalue weighted by atomic mass is 10.1. The third kappa shape index (κ3) is 7.94. The second-order valence-electron chi connectivity index (χ2n) is 9.03. The fourth-order valence-electron chi connectivity index (χ4n) is 4.01. The Morgan fingerprint density at radius 3 is 2.30 bits per heavy atom. The number of nitrogens with one attached hydrogen (secondary N) is 1. The van der Waals surface area contributed by atoms with Gasteiger partial charge in [-0.2, -0.15) is 0 Å². The van der Waals surface area contributed by atoms with Crippen LogP contribution < -0.4 is 19.5 Å². The number of methoxy groups -OCH3 is 1. The molecule has 9 heteroatoms. The van der Waals surface area contributed by atoms with Crippen LogP contribution in [0.15, 0.2) is 89.4 Å². The van der Waals surface area contributed by atoms with E-state index in [-0.39, 0.29) is 23.7 Å². The van der Waals surface area contributed by atoms with Crippen molar-refractivity contribution in [1.29, 1.82) is 0 Å². The molecule has 0 aliphatic heterocycles. The van der Waals surface area contributed by atoms with E-state index in [2.05, 4.69) is 21.2 Å². The van der Waals surface area contributed by atoms with Gasteiger partial charge in [0.2, 0.25) is 5.91 Å². The van der Waals surface area contributed by atoms with Crippen LogP contribution in [0.1, 0.15) is 22.3 Å². The van der Waals surface area contributed by atoms with Gasteiger partial charge in [-0.1, -0.05) is 28.1 Å². The SMILES string of the molecule is COc1ccc(C=CC(=O)Nc2cc(Oc3cc(C)cc(C)c3)cc([N+](=O)[O-])c2)cc1COc1ccc(Br)cc1. The minimum Gasteiger partial charge on any atom is -0.496 e. The van der Waals surface area contributed by atoms with Crippen LogP contribution in [-0.2, 0) is 11.4 Å². The number of carbonyl (C=O) groups is 1. The summed E-state index contributed by atoms with van der Waals surface area (Å²) >= 11 is 3.40. The maximum Gasteiger partial charge on any atom is 0.275 e. The molecule has 204 valence electrons. The molecule has 0 saturated carbocycles. The maximum atomic E-state index is 12.7. The predicted octanol–water partition coefficient (Wildman–Crippen LogP) is 8.01. The largest absolute Gasteiger partial charge is 0.496 e. The van der Waals surface area contributed by atoms with Gasteiger partial charge in [0.05, 0.1) is 23.8 Å². The standard InChI is InChI=1S/C31H27BrN2O6/c1-20-12-21(2)14-28(13-20)40-29-17-25(16-26(18-29)34(36)37)33-31(35)11-5-22-4-10-30(38-3)23(15-22)19-39-27-8-6-24(32)7-9-27/h4-18H,19H2,1-3H3,(H,33,35). The smallest absolute Gasteiger partial charge is 0.275 e. The molecular weight excluding hydrogens is 576 g/mol. The van der Waals surface area contributed by atoms with Crippen LogP contribution in [-0.4, -0.2) is 17.9 Å². The molecule has 4 aromatic carbocycles. The van der Waals surface area contributed by atoms with Gasteiger partial charge in [0.15, 0.2) is 0 Å². The number of halogens is 1. The lowest BCUT2D eigenvalue weighted by Crippen LogP contribution is -2.08. The second-order valence-corrected chi connectivity index (χ2v) is 9.95. The van der Waals surface area contributed by atoms with Gasteiger partial charge < -0.3 is 19.5 Å². The highest BCUT2D eigenvalue weighted by molar-refractivity contribution is 9.10. The van der Waals surface area contributed by atoms with Crippen LogP contribution in [0.25, 0.3) is 6.08 Å². The third-order valence-electron chi connectivity index (χ3n) is 5.74. The summed E-state index contributed by atoms with van der Waals surface area (Å²) < 4.78 is 18.2. The number of non-ortho nitro benzene ring substituents is 1. The van der Waals surface area contributed by atoms with Crippen molar-refractivity contribution in [1.82, 2.24) is 0 Å². The molecule has 0 aliphatic rings. The van der Waals surface area contributed by atoms with Gasteiger partial charge in [-0.15, -0.1) is 0 Å². The Labute approximate surface area is 240 Å². The molecule has 8 nitrogen and oxygen atoms in total. The molecule has 0 heterocycles. The Kier molecular flexibility index (Phi) is 9.19. The summed E-state index contributed by atoms with van der Waals surface area (Å²) in [7, 11) is 1.58. The molecule has 0 aliphatic carbocycles. The van der Waals surface area contributed by atoms with Crippen molar-refractivity contribution >= 4 is 39.3 Å². The van der Waals surface area contributed by atoms with Gasteiger partial charge >= 0.3 is 0 Å². The summed E-state index contributed by atoms with van der Waals surface area (Å²) in [6, 6.07) is 22.8. The lowest BCUT2D eigenvalue weighted by Gasteiger charge is -2.11. The molecule has 0 spiro atoms. The van der Waals surface area contributed by atoms with Gasteiger partial charge in [-0.05, 0) is 85.1 Å². The zero-order valence-electron chi connectivity index (χ0n) is 22.1. The Hall–Kier alpha value is -4.63. The van der Waals surface area contributed by atoms with Crippen molar-refractivity contribution in [3.05, 3.63) is 122 Å². The average Bonchev–Trinajstić information content (AvgIpc) is 2.91. The molecule has 4 aromatic rings. The van der Waals surface area contributed by atoms with Crippen LogP contribution in [0.4, 0.5) is 11.4 Å². The van der Waals surface area contributed by atoms with Crippen LogP contribution >= 0.6 is 15.9 Å². The Morgan fingerprint density at radius 2 is 1.62 bits per heavy atom.